The standard InChI is InChI=1S/2C20H21.C3H8Si.2CH3.Hf/c2*1-14-13-16(20(2,3)4)11-12-17(14)19-10-6-8-15-7-5-9-18(15)19;1-2-3-4;;;/h2*5-13H,1-4H3;4H,2-3H2,1H3;2*1H3;. The molecule has 0 spiro atoms. The van der Waals surface area contributed by atoms with Crippen LogP contribution < -0.4 is 0 Å². The van der Waals surface area contributed by atoms with Crippen molar-refractivity contribution in [1.82, 2.24) is 0 Å². The van der Waals surface area contributed by atoms with Crippen LogP contribution in [0.15, 0.2) is 84.9 Å². The molecule has 0 aliphatic heterocycles. The molecule has 4 aromatic rings. The predicted octanol–water partition coefficient (Wildman–Crippen LogP) is 13.0. The van der Waals surface area contributed by atoms with Gasteiger partial charge in [-0.1, -0.05) is 0 Å². The van der Waals surface area contributed by atoms with Crippen LogP contribution in [0.4, 0.5) is 0 Å². The van der Waals surface area contributed by atoms with Crippen molar-refractivity contribution in [2.45, 2.75) is 102 Å². The average Bonchev–Trinajstić information content (AvgIpc) is 3.66. The van der Waals surface area contributed by atoms with Gasteiger partial charge in [-0.05, 0) is 0 Å². The Labute approximate surface area is 287 Å². The SMILES string of the molecule is CCC[SiH]=[Hf]([CH3])([CH3])([CH]1C=Cc2c(-c3ccc(C(C)(C)C)cc3C)cccc21)[CH]1C=Cc2c(-c3ccc(C(C)(C)C)cc3C)cccc21. The van der Waals surface area contributed by atoms with E-state index in [-0.39, 0.29) is 10.8 Å². The van der Waals surface area contributed by atoms with Crippen LogP contribution in [0.25, 0.3) is 34.4 Å². The Morgan fingerprint density at radius 1 is 0.596 bits per heavy atom. The number of allylic oxidation sites excluding steroid dienone is 2. The van der Waals surface area contributed by atoms with Crippen molar-refractivity contribution in [3.8, 4) is 22.3 Å². The molecule has 0 heterocycles. The van der Waals surface area contributed by atoms with Gasteiger partial charge in [0.2, 0.25) is 0 Å². The van der Waals surface area contributed by atoms with Gasteiger partial charge in [-0.15, -0.1) is 0 Å². The van der Waals surface area contributed by atoms with E-state index in [9.17, 15) is 0 Å². The van der Waals surface area contributed by atoms with Crippen LogP contribution in [0.5, 0.6) is 0 Å². The third-order valence-electron chi connectivity index (χ3n) is 11.7. The summed E-state index contributed by atoms with van der Waals surface area (Å²) in [5.74, 6) is 0. The van der Waals surface area contributed by atoms with E-state index < -0.39 is 17.1 Å². The summed E-state index contributed by atoms with van der Waals surface area (Å²) in [5.41, 5.74) is 17.6. The molecule has 0 amide bonds. The van der Waals surface area contributed by atoms with Crippen LogP contribution in [-0.4, -0.2) is 6.22 Å². The van der Waals surface area contributed by atoms with Crippen molar-refractivity contribution >= 4 is 18.4 Å². The van der Waals surface area contributed by atoms with Crippen molar-refractivity contribution < 1.29 is 17.1 Å². The zero-order chi connectivity index (χ0) is 34.0. The Morgan fingerprint density at radius 2 is 1.02 bits per heavy atom. The first-order chi connectivity index (χ1) is 22.0. The van der Waals surface area contributed by atoms with Crippen LogP contribution in [0.1, 0.15) is 107 Å². The number of benzene rings is 4. The molecular formula is C45H56HfSi. The molecule has 2 aliphatic rings. The molecule has 0 saturated carbocycles. The summed E-state index contributed by atoms with van der Waals surface area (Å²) < 4.78 is 6.83. The first-order valence-electron chi connectivity index (χ1n) is 17.9. The van der Waals surface area contributed by atoms with Crippen molar-refractivity contribution in [2.24, 2.45) is 0 Å². The van der Waals surface area contributed by atoms with Crippen molar-refractivity contribution in [3.63, 3.8) is 0 Å². The minimum atomic E-state index is -3.72. The van der Waals surface area contributed by atoms with Crippen LogP contribution in [0.2, 0.25) is 15.4 Å². The van der Waals surface area contributed by atoms with Gasteiger partial charge in [0, 0.05) is 0 Å². The van der Waals surface area contributed by atoms with Crippen molar-refractivity contribution in [3.05, 3.63) is 129 Å². The molecule has 4 aromatic carbocycles. The van der Waals surface area contributed by atoms with Gasteiger partial charge in [0.25, 0.3) is 0 Å². The number of hydrogen-bond donors (Lipinski definition) is 0. The molecule has 244 valence electrons. The van der Waals surface area contributed by atoms with E-state index in [1.807, 2.05) is 0 Å². The van der Waals surface area contributed by atoms with E-state index in [4.69, 9.17) is 0 Å². The minimum absolute atomic E-state index is 0.153. The molecule has 0 aromatic heterocycles. The first-order valence-corrected chi connectivity index (χ1v) is 36.9. The van der Waals surface area contributed by atoms with Gasteiger partial charge in [-0.25, -0.2) is 0 Å². The predicted molar refractivity (Wildman–Crippen MR) is 208 cm³/mol. The second-order valence-electron chi connectivity index (χ2n) is 17.6. The van der Waals surface area contributed by atoms with Gasteiger partial charge >= 0.3 is 290 Å². The Balaban J connectivity index is 1.46. The number of aryl methyl sites for hydroxylation is 2. The molecule has 0 N–H and O–H groups in total. The summed E-state index contributed by atoms with van der Waals surface area (Å²) in [5, 5.41) is 0. The Morgan fingerprint density at radius 3 is 1.38 bits per heavy atom. The van der Waals surface area contributed by atoms with E-state index in [2.05, 4.69) is 169 Å². The second kappa shape index (κ2) is 12.1. The van der Waals surface area contributed by atoms with Gasteiger partial charge < -0.3 is 0 Å². The molecule has 6 rings (SSSR count). The molecule has 47 heavy (non-hydrogen) atoms. The second-order valence-corrected chi connectivity index (χ2v) is 62.0. The van der Waals surface area contributed by atoms with E-state index in [1.165, 1.54) is 68.1 Å². The summed E-state index contributed by atoms with van der Waals surface area (Å²) in [4.78, 5) is 0. The van der Waals surface area contributed by atoms with Gasteiger partial charge in [-0.2, -0.15) is 0 Å². The fourth-order valence-electron chi connectivity index (χ4n) is 8.64. The Hall–Kier alpha value is -2.55. The quantitative estimate of drug-likeness (QED) is 0.170. The normalized spacial score (nSPS) is 17.6. The van der Waals surface area contributed by atoms with Crippen molar-refractivity contribution in [2.75, 3.05) is 0 Å². The maximum atomic E-state index is 2.85. The molecule has 2 unspecified atom stereocenters. The molecule has 0 bridgehead atoms. The summed E-state index contributed by atoms with van der Waals surface area (Å²) in [6.45, 7) is 20.9. The molecule has 0 saturated heterocycles. The zero-order valence-corrected chi connectivity index (χ0v) is 35.6. The molecule has 2 aliphatic carbocycles. The number of rotatable bonds is 6. The molecule has 0 nitrogen and oxygen atoms in total. The van der Waals surface area contributed by atoms with E-state index in [0.717, 1.165) is 0 Å². The number of fused-ring (bicyclic) bond motifs is 2. The monoisotopic (exact) mass is 804 g/mol. The fourth-order valence-corrected chi connectivity index (χ4v) is 48.8. The molecule has 2 heteroatoms. The number of hydrogen-bond acceptors (Lipinski definition) is 0. The molecule has 0 radical (unpaired) electrons. The fraction of sp³-hybridized carbons (Fsp3) is 0.378. The summed E-state index contributed by atoms with van der Waals surface area (Å²) in [6.07, 6.45) is 12.0. The van der Waals surface area contributed by atoms with Gasteiger partial charge in [0.1, 0.15) is 0 Å². The van der Waals surface area contributed by atoms with Gasteiger partial charge in [0.15, 0.2) is 0 Å². The van der Waals surface area contributed by atoms with Gasteiger partial charge in [-0.3, -0.25) is 0 Å². The van der Waals surface area contributed by atoms with E-state index in [1.54, 1.807) is 11.1 Å². The molecule has 2 atom stereocenters. The van der Waals surface area contributed by atoms with Crippen LogP contribution in [0.3, 0.4) is 0 Å². The molecule has 0 fully saturated rings. The maximum absolute atomic E-state index is 3.72. The zero-order valence-electron chi connectivity index (χ0n) is 30.9. The van der Waals surface area contributed by atoms with Crippen molar-refractivity contribution in [1.29, 1.82) is 0 Å². The molecular weight excluding hydrogens is 747 g/mol. The van der Waals surface area contributed by atoms with E-state index >= 15 is 0 Å². The summed E-state index contributed by atoms with van der Waals surface area (Å²) in [6, 6.07) is 30.1. The van der Waals surface area contributed by atoms with E-state index in [0.29, 0.717) is 13.6 Å². The van der Waals surface area contributed by atoms with Crippen LogP contribution in [0, 0.1) is 13.8 Å². The topological polar surface area (TPSA) is 0 Å². The first kappa shape index (κ1) is 34.3. The average molecular weight is 804 g/mol. The Kier molecular flexibility index (Phi) is 8.83. The summed E-state index contributed by atoms with van der Waals surface area (Å²) in [7, 11) is 0. The van der Waals surface area contributed by atoms with Gasteiger partial charge in [0.05, 0.1) is 0 Å². The third-order valence-corrected chi connectivity index (χ3v) is 54.4. The van der Waals surface area contributed by atoms with Crippen LogP contribution in [-0.2, 0) is 28.0 Å². The summed E-state index contributed by atoms with van der Waals surface area (Å²) >= 11 is -3.72. The Bertz CT molecular complexity index is 1860. The van der Waals surface area contributed by atoms with Crippen LogP contribution >= 0.6 is 0 Å². The third kappa shape index (κ3) is 6.01.